The van der Waals surface area contributed by atoms with Crippen LogP contribution in [0.5, 0.6) is 0 Å². The van der Waals surface area contributed by atoms with E-state index < -0.39 is 0 Å². The molecule has 0 aliphatic rings. The average molecular weight is 463 g/mol. The molecule has 0 saturated carbocycles. The van der Waals surface area contributed by atoms with E-state index in [2.05, 4.69) is 65.4 Å². The van der Waals surface area contributed by atoms with E-state index in [-0.39, 0.29) is 12.4 Å². The van der Waals surface area contributed by atoms with Gasteiger partial charge in [0.2, 0.25) is 5.95 Å². The van der Waals surface area contributed by atoms with E-state index in [1.165, 1.54) is 0 Å². The fourth-order valence-corrected chi connectivity index (χ4v) is 3.99. The van der Waals surface area contributed by atoms with Crippen LogP contribution in [0.1, 0.15) is 11.4 Å². The lowest BCUT2D eigenvalue weighted by molar-refractivity contribution is 0.751. The Hall–Kier alpha value is -3.65. The molecule has 9 heteroatoms. The minimum atomic E-state index is 0. The van der Waals surface area contributed by atoms with Crippen molar-refractivity contribution in [3.05, 3.63) is 60.0 Å². The molecule has 0 spiro atoms. The minimum Gasteiger partial charge on any atom is -0.329 e. The van der Waals surface area contributed by atoms with E-state index in [0.29, 0.717) is 5.95 Å². The van der Waals surface area contributed by atoms with Gasteiger partial charge in [0.1, 0.15) is 5.82 Å². The maximum absolute atomic E-state index is 4.82. The molecule has 0 amide bonds. The van der Waals surface area contributed by atoms with Crippen molar-refractivity contribution in [2.24, 2.45) is 14.1 Å². The molecule has 0 atom stereocenters. The zero-order chi connectivity index (χ0) is 22.6. The number of hydrogen-bond donors (Lipinski definition) is 0. The Bertz CT molecular complexity index is 1360. The Morgan fingerprint density at radius 1 is 0.727 bits per heavy atom. The summed E-state index contributed by atoms with van der Waals surface area (Å²) in [6, 6.07) is 14.5. The van der Waals surface area contributed by atoms with Crippen LogP contribution in [0.3, 0.4) is 0 Å². The fourth-order valence-electron chi connectivity index (χ4n) is 3.99. The normalized spacial score (nSPS) is 11.1. The summed E-state index contributed by atoms with van der Waals surface area (Å²) < 4.78 is 3.81. The number of nitrogens with zero attached hydrogens (tertiary/aromatic N) is 8. The van der Waals surface area contributed by atoms with Crippen LogP contribution in [-0.2, 0) is 14.1 Å². The van der Waals surface area contributed by atoms with Gasteiger partial charge in [0, 0.05) is 67.9 Å². The van der Waals surface area contributed by atoms with Crippen LogP contribution in [0, 0.1) is 13.8 Å². The number of aryl methyl sites for hydroxylation is 4. The SMILES string of the molecule is Cc1c2ccc(N(C)c3ccnc(N(C)c4ccc5c(C)n(C)nc5c4)n3)cc2nn1C.Cl. The highest BCUT2D eigenvalue weighted by Gasteiger charge is 2.14. The van der Waals surface area contributed by atoms with Gasteiger partial charge in [-0.25, -0.2) is 4.98 Å². The molecule has 0 fully saturated rings. The first-order chi connectivity index (χ1) is 15.3. The van der Waals surface area contributed by atoms with Crippen LogP contribution in [-0.4, -0.2) is 43.6 Å². The molecule has 0 N–H and O–H groups in total. The number of halogens is 1. The Balaban J connectivity index is 0.00000259. The largest absolute Gasteiger partial charge is 0.329 e. The summed E-state index contributed by atoms with van der Waals surface area (Å²) in [4.78, 5) is 13.4. The maximum atomic E-state index is 4.82. The van der Waals surface area contributed by atoms with Crippen molar-refractivity contribution in [2.75, 3.05) is 23.9 Å². The molecule has 3 heterocycles. The van der Waals surface area contributed by atoms with Gasteiger partial charge in [-0.2, -0.15) is 15.2 Å². The second-order valence-electron chi connectivity index (χ2n) is 8.15. The topological polar surface area (TPSA) is 67.9 Å². The molecule has 2 aromatic carbocycles. The third-order valence-electron chi connectivity index (χ3n) is 6.27. The fraction of sp³-hybridized carbons (Fsp3) is 0.250. The summed E-state index contributed by atoms with van der Waals surface area (Å²) in [5, 5.41) is 11.5. The second-order valence-corrected chi connectivity index (χ2v) is 8.15. The highest BCUT2D eigenvalue weighted by atomic mass is 35.5. The van der Waals surface area contributed by atoms with Gasteiger partial charge in [0.25, 0.3) is 0 Å². The maximum Gasteiger partial charge on any atom is 0.231 e. The average Bonchev–Trinajstić information content (AvgIpc) is 3.26. The number of aromatic nitrogens is 6. The van der Waals surface area contributed by atoms with E-state index in [1.807, 2.05) is 53.4 Å². The van der Waals surface area contributed by atoms with Crippen molar-refractivity contribution >= 4 is 57.4 Å². The summed E-state index contributed by atoms with van der Waals surface area (Å²) in [6.45, 7) is 4.15. The van der Waals surface area contributed by atoms with Crippen LogP contribution < -0.4 is 9.80 Å². The molecule has 5 rings (SSSR count). The lowest BCUT2D eigenvalue weighted by Gasteiger charge is -2.22. The number of rotatable bonds is 4. The van der Waals surface area contributed by atoms with Gasteiger partial charge in [0.05, 0.1) is 11.0 Å². The predicted molar refractivity (Wildman–Crippen MR) is 136 cm³/mol. The molecule has 33 heavy (non-hydrogen) atoms. The lowest BCUT2D eigenvalue weighted by atomic mass is 10.2. The molecule has 3 aromatic heterocycles. The molecule has 0 radical (unpaired) electrons. The van der Waals surface area contributed by atoms with E-state index in [9.17, 15) is 0 Å². The van der Waals surface area contributed by atoms with Crippen LogP contribution in [0.4, 0.5) is 23.1 Å². The van der Waals surface area contributed by atoms with E-state index in [0.717, 1.165) is 50.4 Å². The third-order valence-corrected chi connectivity index (χ3v) is 6.27. The lowest BCUT2D eigenvalue weighted by Crippen LogP contribution is -2.16. The third kappa shape index (κ3) is 3.76. The van der Waals surface area contributed by atoms with Crippen LogP contribution in [0.2, 0.25) is 0 Å². The van der Waals surface area contributed by atoms with Crippen molar-refractivity contribution in [1.82, 2.24) is 29.5 Å². The number of fused-ring (bicyclic) bond motifs is 2. The van der Waals surface area contributed by atoms with Crippen LogP contribution in [0.25, 0.3) is 21.8 Å². The van der Waals surface area contributed by atoms with E-state index >= 15 is 0 Å². The molecular weight excluding hydrogens is 436 g/mol. The smallest absolute Gasteiger partial charge is 0.231 e. The summed E-state index contributed by atoms with van der Waals surface area (Å²) in [6.07, 6.45) is 1.79. The molecule has 0 aliphatic heterocycles. The van der Waals surface area contributed by atoms with Crippen molar-refractivity contribution in [3.8, 4) is 0 Å². The van der Waals surface area contributed by atoms with Gasteiger partial charge < -0.3 is 9.80 Å². The molecule has 5 aromatic rings. The number of benzene rings is 2. The van der Waals surface area contributed by atoms with Gasteiger partial charge >= 0.3 is 0 Å². The minimum absolute atomic E-state index is 0. The van der Waals surface area contributed by atoms with Gasteiger partial charge in [-0.3, -0.25) is 9.36 Å². The number of hydrogen-bond acceptors (Lipinski definition) is 6. The zero-order valence-electron chi connectivity index (χ0n) is 19.6. The van der Waals surface area contributed by atoms with E-state index in [1.54, 1.807) is 6.20 Å². The van der Waals surface area contributed by atoms with Crippen LogP contribution >= 0.6 is 12.4 Å². The zero-order valence-corrected chi connectivity index (χ0v) is 20.4. The van der Waals surface area contributed by atoms with Gasteiger partial charge in [0.15, 0.2) is 0 Å². The van der Waals surface area contributed by atoms with Crippen molar-refractivity contribution in [1.29, 1.82) is 0 Å². The van der Waals surface area contributed by atoms with Gasteiger partial charge in [-0.05, 0) is 56.3 Å². The highest BCUT2D eigenvalue weighted by Crippen LogP contribution is 2.30. The molecule has 0 bridgehead atoms. The van der Waals surface area contributed by atoms with Gasteiger partial charge in [-0.1, -0.05) is 0 Å². The standard InChI is InChI=1S/C24H26N8.ClH/c1-15-19-9-7-17(13-21(19)27-31(15)5)29(3)23-11-12-25-24(26-23)30(4)18-8-10-20-16(2)32(6)28-22(20)14-18;/h7-14H,1-6H3;1H. The summed E-state index contributed by atoms with van der Waals surface area (Å²) in [5.41, 5.74) is 6.24. The molecule has 8 nitrogen and oxygen atoms in total. The summed E-state index contributed by atoms with van der Waals surface area (Å²) >= 11 is 0. The molecular formula is C24H27ClN8. The van der Waals surface area contributed by atoms with Crippen molar-refractivity contribution in [2.45, 2.75) is 13.8 Å². The monoisotopic (exact) mass is 462 g/mol. The molecule has 0 unspecified atom stereocenters. The Morgan fingerprint density at radius 3 is 1.79 bits per heavy atom. The first-order valence-corrected chi connectivity index (χ1v) is 10.5. The summed E-state index contributed by atoms with van der Waals surface area (Å²) in [5.74, 6) is 1.43. The highest BCUT2D eigenvalue weighted by molar-refractivity contribution is 5.87. The van der Waals surface area contributed by atoms with Crippen molar-refractivity contribution < 1.29 is 0 Å². The number of anilines is 4. The predicted octanol–water partition coefficient (Wildman–Crippen LogP) is 4.82. The van der Waals surface area contributed by atoms with E-state index in [4.69, 9.17) is 4.98 Å². The second kappa shape index (κ2) is 8.37. The Labute approximate surface area is 198 Å². The molecule has 0 saturated heterocycles. The molecule has 170 valence electrons. The summed E-state index contributed by atoms with van der Waals surface area (Å²) in [7, 11) is 7.91. The Morgan fingerprint density at radius 2 is 1.24 bits per heavy atom. The van der Waals surface area contributed by atoms with Gasteiger partial charge in [-0.15, -0.1) is 12.4 Å². The first kappa shape index (κ1) is 22.5. The van der Waals surface area contributed by atoms with Crippen LogP contribution in [0.15, 0.2) is 48.7 Å². The van der Waals surface area contributed by atoms with Crippen molar-refractivity contribution in [3.63, 3.8) is 0 Å². The molecule has 0 aliphatic carbocycles. The quantitative estimate of drug-likeness (QED) is 0.381. The Kier molecular flexibility index (Phi) is 5.71. The first-order valence-electron chi connectivity index (χ1n) is 10.5.